The van der Waals surface area contributed by atoms with Gasteiger partial charge in [-0.1, -0.05) is 6.92 Å². The van der Waals surface area contributed by atoms with Crippen molar-refractivity contribution in [2.75, 3.05) is 0 Å². The summed E-state index contributed by atoms with van der Waals surface area (Å²) in [5.74, 6) is 2.51. The first kappa shape index (κ1) is 13.0. The Balaban J connectivity index is 3.98. The summed E-state index contributed by atoms with van der Waals surface area (Å²) in [7, 11) is 0. The van der Waals surface area contributed by atoms with Crippen molar-refractivity contribution in [1.82, 2.24) is 5.32 Å². The summed E-state index contributed by atoms with van der Waals surface area (Å²) in [6.45, 7) is 5.65. The predicted molar refractivity (Wildman–Crippen MR) is 58.6 cm³/mol. The van der Waals surface area contributed by atoms with Crippen LogP contribution in [0.3, 0.4) is 0 Å². The van der Waals surface area contributed by atoms with Crippen LogP contribution in [-0.2, 0) is 4.79 Å². The summed E-state index contributed by atoms with van der Waals surface area (Å²) in [6.07, 6.45) is 6.93. The van der Waals surface area contributed by atoms with Crippen molar-refractivity contribution in [2.24, 2.45) is 5.73 Å². The van der Waals surface area contributed by atoms with Crippen LogP contribution in [0.25, 0.3) is 0 Å². The number of hydrogen-bond acceptors (Lipinski definition) is 2. The predicted octanol–water partition coefficient (Wildman–Crippen LogP) is 1.03. The second-order valence-corrected chi connectivity index (χ2v) is 4.25. The second-order valence-electron chi connectivity index (χ2n) is 4.25. The fourth-order valence-electron chi connectivity index (χ4n) is 1.13. The normalized spacial score (nSPS) is 13.1. The third kappa shape index (κ3) is 6.50. The molecule has 0 aromatic rings. The Morgan fingerprint density at radius 1 is 1.64 bits per heavy atom. The minimum absolute atomic E-state index is 0.0281. The largest absolute Gasteiger partial charge is 0.352 e. The highest BCUT2D eigenvalue weighted by molar-refractivity contribution is 5.77. The molecule has 0 heterocycles. The maximum Gasteiger partial charge on any atom is 0.222 e. The van der Waals surface area contributed by atoms with Crippen molar-refractivity contribution in [1.29, 1.82) is 0 Å². The molecule has 0 aliphatic carbocycles. The maximum atomic E-state index is 11.4. The van der Waals surface area contributed by atoms with E-state index in [2.05, 4.69) is 11.2 Å². The molecular formula is C11H20N2O. The molecule has 0 saturated heterocycles. The van der Waals surface area contributed by atoms with Crippen LogP contribution < -0.4 is 11.1 Å². The van der Waals surface area contributed by atoms with Crippen molar-refractivity contribution < 1.29 is 4.79 Å². The highest BCUT2D eigenvalue weighted by Crippen LogP contribution is 2.04. The van der Waals surface area contributed by atoms with Crippen molar-refractivity contribution in [3.63, 3.8) is 0 Å². The fraction of sp³-hybridized carbons (Fsp3) is 0.727. The van der Waals surface area contributed by atoms with Crippen LogP contribution in [0, 0.1) is 12.3 Å². The van der Waals surface area contributed by atoms with Gasteiger partial charge in [0.2, 0.25) is 5.91 Å². The zero-order valence-electron chi connectivity index (χ0n) is 9.26. The molecule has 0 saturated carbocycles. The van der Waals surface area contributed by atoms with E-state index in [1.54, 1.807) is 0 Å². The summed E-state index contributed by atoms with van der Waals surface area (Å²) in [5, 5.41) is 2.86. The van der Waals surface area contributed by atoms with Gasteiger partial charge in [-0.15, -0.1) is 12.3 Å². The zero-order valence-corrected chi connectivity index (χ0v) is 9.26. The lowest BCUT2D eigenvalue weighted by atomic mass is 10.0. The number of nitrogens with one attached hydrogen (secondary N) is 1. The average Bonchev–Trinajstić information content (AvgIpc) is 2.00. The van der Waals surface area contributed by atoms with Gasteiger partial charge in [0.05, 0.1) is 0 Å². The molecule has 0 spiro atoms. The molecule has 0 bridgehead atoms. The number of rotatable bonds is 5. The molecule has 14 heavy (non-hydrogen) atoms. The summed E-state index contributed by atoms with van der Waals surface area (Å²) in [4.78, 5) is 11.4. The summed E-state index contributed by atoms with van der Waals surface area (Å²) >= 11 is 0. The Morgan fingerprint density at radius 3 is 2.57 bits per heavy atom. The van der Waals surface area contributed by atoms with Crippen LogP contribution in [0.15, 0.2) is 0 Å². The van der Waals surface area contributed by atoms with E-state index in [-0.39, 0.29) is 11.9 Å². The number of terminal acetylenes is 1. The van der Waals surface area contributed by atoms with Crippen LogP contribution in [0.2, 0.25) is 0 Å². The molecule has 1 amide bonds. The number of carbonyl (C=O) groups excluding carboxylic acids is 1. The van der Waals surface area contributed by atoms with E-state index in [0.29, 0.717) is 12.8 Å². The van der Waals surface area contributed by atoms with Gasteiger partial charge in [0, 0.05) is 24.4 Å². The molecule has 0 radical (unpaired) electrons. The molecule has 1 atom stereocenters. The second kappa shape index (κ2) is 5.66. The zero-order chi connectivity index (χ0) is 11.2. The number of hydrogen-bond donors (Lipinski definition) is 2. The van der Waals surface area contributed by atoms with Gasteiger partial charge in [-0.2, -0.15) is 0 Å². The van der Waals surface area contributed by atoms with Gasteiger partial charge in [-0.05, 0) is 20.3 Å². The quantitative estimate of drug-likeness (QED) is 0.645. The summed E-state index contributed by atoms with van der Waals surface area (Å²) in [6, 6.07) is 0.0786. The minimum Gasteiger partial charge on any atom is -0.352 e. The molecule has 0 fully saturated rings. The molecule has 1 unspecified atom stereocenters. The average molecular weight is 196 g/mol. The highest BCUT2D eigenvalue weighted by Gasteiger charge is 2.17. The molecule has 80 valence electrons. The van der Waals surface area contributed by atoms with Crippen LogP contribution in [-0.4, -0.2) is 17.5 Å². The van der Waals surface area contributed by atoms with E-state index in [1.807, 2.05) is 20.8 Å². The van der Waals surface area contributed by atoms with Gasteiger partial charge >= 0.3 is 0 Å². The Labute approximate surface area is 86.4 Å². The van der Waals surface area contributed by atoms with Gasteiger partial charge in [0.15, 0.2) is 0 Å². The molecule has 3 nitrogen and oxygen atoms in total. The SMILES string of the molecule is C#CCC(CC)NC(=O)CC(C)(C)N. The van der Waals surface area contributed by atoms with E-state index in [4.69, 9.17) is 12.2 Å². The van der Waals surface area contributed by atoms with E-state index in [9.17, 15) is 4.79 Å². The topological polar surface area (TPSA) is 55.1 Å². The van der Waals surface area contributed by atoms with Gasteiger partial charge < -0.3 is 11.1 Å². The number of nitrogens with two attached hydrogens (primary N) is 1. The number of amides is 1. The molecule has 0 aliphatic rings. The standard InChI is InChI=1S/C11H20N2O/c1-5-7-9(6-2)13-10(14)8-11(3,4)12/h1,9H,6-8,12H2,2-4H3,(H,13,14). The number of carbonyl (C=O) groups is 1. The first-order valence-electron chi connectivity index (χ1n) is 4.90. The van der Waals surface area contributed by atoms with Gasteiger partial charge in [-0.25, -0.2) is 0 Å². The van der Waals surface area contributed by atoms with E-state index in [1.165, 1.54) is 0 Å². The van der Waals surface area contributed by atoms with Crippen LogP contribution in [0.1, 0.15) is 40.0 Å². The summed E-state index contributed by atoms with van der Waals surface area (Å²) < 4.78 is 0. The van der Waals surface area contributed by atoms with E-state index >= 15 is 0 Å². The highest BCUT2D eigenvalue weighted by atomic mass is 16.1. The smallest absolute Gasteiger partial charge is 0.222 e. The Kier molecular flexibility index (Phi) is 5.26. The van der Waals surface area contributed by atoms with Crippen LogP contribution >= 0.6 is 0 Å². The Bertz CT molecular complexity index is 222. The lowest BCUT2D eigenvalue weighted by Crippen LogP contribution is -2.42. The first-order chi connectivity index (χ1) is 6.39. The lowest BCUT2D eigenvalue weighted by molar-refractivity contribution is -0.122. The molecule has 3 N–H and O–H groups in total. The van der Waals surface area contributed by atoms with E-state index in [0.717, 1.165) is 6.42 Å². The minimum atomic E-state index is -0.460. The van der Waals surface area contributed by atoms with Crippen molar-refractivity contribution >= 4 is 5.91 Å². The van der Waals surface area contributed by atoms with E-state index < -0.39 is 5.54 Å². The van der Waals surface area contributed by atoms with Crippen molar-refractivity contribution in [3.8, 4) is 12.3 Å². The Morgan fingerprint density at radius 2 is 2.21 bits per heavy atom. The van der Waals surface area contributed by atoms with Crippen LogP contribution in [0.5, 0.6) is 0 Å². The van der Waals surface area contributed by atoms with Crippen molar-refractivity contribution in [2.45, 2.75) is 51.6 Å². The molecule has 0 aliphatic heterocycles. The monoisotopic (exact) mass is 196 g/mol. The van der Waals surface area contributed by atoms with Gasteiger partial charge in [-0.3, -0.25) is 4.79 Å². The molecule has 0 aromatic heterocycles. The van der Waals surface area contributed by atoms with Gasteiger partial charge in [0.1, 0.15) is 0 Å². The maximum absolute atomic E-state index is 11.4. The Hall–Kier alpha value is -1.01. The third-order valence-electron chi connectivity index (χ3n) is 1.84. The van der Waals surface area contributed by atoms with Crippen LogP contribution in [0.4, 0.5) is 0 Å². The van der Waals surface area contributed by atoms with Crippen molar-refractivity contribution in [3.05, 3.63) is 0 Å². The summed E-state index contributed by atoms with van der Waals surface area (Å²) in [5.41, 5.74) is 5.27. The van der Waals surface area contributed by atoms with Gasteiger partial charge in [0.25, 0.3) is 0 Å². The first-order valence-corrected chi connectivity index (χ1v) is 4.90. The molecule has 0 rings (SSSR count). The molecule has 0 aromatic carbocycles. The molecule has 3 heteroatoms. The molecular weight excluding hydrogens is 176 g/mol. The third-order valence-corrected chi connectivity index (χ3v) is 1.84. The fourth-order valence-corrected chi connectivity index (χ4v) is 1.13. The lowest BCUT2D eigenvalue weighted by Gasteiger charge is -2.20.